The van der Waals surface area contributed by atoms with Crippen LogP contribution in [0.5, 0.6) is 0 Å². The summed E-state index contributed by atoms with van der Waals surface area (Å²) in [5, 5.41) is 0. The largest absolute Gasteiger partial charge is 0.416 e. The standard InChI is InChI=1S/C19H22F3N3OS/c1-18(27-15-6-4-5-14(9-15)19(20,21)22)7-8-26-16(10-18)13-11-23-17(24-12-13)25(2)3/h4-6,9,11-12,16H,7-8,10H2,1-3H3. The van der Waals surface area contributed by atoms with Gasteiger partial charge in [-0.2, -0.15) is 13.2 Å². The van der Waals surface area contributed by atoms with E-state index in [1.807, 2.05) is 19.0 Å². The molecule has 1 aliphatic rings. The lowest BCUT2D eigenvalue weighted by molar-refractivity contribution is -0.137. The third kappa shape index (κ3) is 4.93. The fraction of sp³-hybridized carbons (Fsp3) is 0.474. The number of nitrogens with zero attached hydrogens (tertiary/aromatic N) is 3. The zero-order chi connectivity index (χ0) is 19.7. The number of anilines is 1. The second kappa shape index (κ2) is 7.67. The van der Waals surface area contributed by atoms with Gasteiger partial charge in [-0.1, -0.05) is 6.07 Å². The smallest absolute Gasteiger partial charge is 0.373 e. The Balaban J connectivity index is 1.74. The number of thioether (sulfide) groups is 1. The van der Waals surface area contributed by atoms with Gasteiger partial charge in [-0.05, 0) is 38.0 Å². The third-order valence-corrected chi connectivity index (χ3v) is 5.88. The van der Waals surface area contributed by atoms with Gasteiger partial charge in [-0.3, -0.25) is 0 Å². The predicted molar refractivity (Wildman–Crippen MR) is 100.0 cm³/mol. The van der Waals surface area contributed by atoms with Crippen LogP contribution in [0.25, 0.3) is 0 Å². The summed E-state index contributed by atoms with van der Waals surface area (Å²) in [6, 6.07) is 5.50. The maximum Gasteiger partial charge on any atom is 0.416 e. The van der Waals surface area contributed by atoms with E-state index in [-0.39, 0.29) is 10.9 Å². The van der Waals surface area contributed by atoms with Gasteiger partial charge in [0.25, 0.3) is 0 Å². The van der Waals surface area contributed by atoms with Crippen LogP contribution < -0.4 is 4.90 Å². The van der Waals surface area contributed by atoms with Gasteiger partial charge in [0.05, 0.1) is 11.7 Å². The Bertz CT molecular complexity index is 783. The van der Waals surface area contributed by atoms with E-state index in [2.05, 4.69) is 16.9 Å². The van der Waals surface area contributed by atoms with E-state index >= 15 is 0 Å². The van der Waals surface area contributed by atoms with Crippen molar-refractivity contribution in [2.24, 2.45) is 0 Å². The summed E-state index contributed by atoms with van der Waals surface area (Å²) in [6.45, 7) is 2.62. The first kappa shape index (κ1) is 19.9. The maximum absolute atomic E-state index is 13.0. The molecule has 2 unspecified atom stereocenters. The summed E-state index contributed by atoms with van der Waals surface area (Å²) in [4.78, 5) is 11.1. The highest BCUT2D eigenvalue weighted by Crippen LogP contribution is 2.46. The van der Waals surface area contributed by atoms with Crippen molar-refractivity contribution in [3.63, 3.8) is 0 Å². The van der Waals surface area contributed by atoms with Crippen LogP contribution in [0.15, 0.2) is 41.6 Å². The highest BCUT2D eigenvalue weighted by molar-refractivity contribution is 8.00. The summed E-state index contributed by atoms with van der Waals surface area (Å²) >= 11 is 1.47. The maximum atomic E-state index is 13.0. The molecule has 3 rings (SSSR count). The fourth-order valence-corrected chi connectivity index (χ4v) is 4.35. The number of alkyl halides is 3. The lowest BCUT2D eigenvalue weighted by atomic mass is 9.94. The molecule has 2 heterocycles. The number of halogens is 3. The second-order valence-corrected chi connectivity index (χ2v) is 8.76. The molecule has 0 bridgehead atoms. The number of aromatic nitrogens is 2. The van der Waals surface area contributed by atoms with E-state index in [4.69, 9.17) is 4.74 Å². The first-order valence-electron chi connectivity index (χ1n) is 8.63. The van der Waals surface area contributed by atoms with Gasteiger partial charge < -0.3 is 9.64 Å². The summed E-state index contributed by atoms with van der Waals surface area (Å²) in [7, 11) is 3.74. The highest BCUT2D eigenvalue weighted by atomic mass is 32.2. The molecule has 0 radical (unpaired) electrons. The minimum atomic E-state index is -4.33. The number of hydrogen-bond donors (Lipinski definition) is 0. The Morgan fingerprint density at radius 1 is 1.22 bits per heavy atom. The van der Waals surface area contributed by atoms with E-state index in [1.165, 1.54) is 23.9 Å². The van der Waals surface area contributed by atoms with Gasteiger partial charge in [0, 0.05) is 48.3 Å². The molecule has 0 aliphatic carbocycles. The lowest BCUT2D eigenvalue weighted by Gasteiger charge is -2.37. The molecule has 146 valence electrons. The van der Waals surface area contributed by atoms with E-state index in [9.17, 15) is 13.2 Å². The van der Waals surface area contributed by atoms with Gasteiger partial charge in [0.1, 0.15) is 0 Å². The SMILES string of the molecule is CN(C)c1ncc(C2CC(C)(Sc3cccc(C(F)(F)F)c3)CCO2)cn1. The van der Waals surface area contributed by atoms with Crippen LogP contribution in [0.1, 0.15) is 37.0 Å². The van der Waals surface area contributed by atoms with Crippen molar-refractivity contribution in [1.82, 2.24) is 9.97 Å². The van der Waals surface area contributed by atoms with Gasteiger partial charge in [-0.25, -0.2) is 9.97 Å². The van der Waals surface area contributed by atoms with Crippen molar-refractivity contribution in [3.05, 3.63) is 47.8 Å². The van der Waals surface area contributed by atoms with Crippen LogP contribution in [0.3, 0.4) is 0 Å². The first-order chi connectivity index (χ1) is 12.7. The molecule has 0 saturated carbocycles. The molecule has 2 aromatic rings. The van der Waals surface area contributed by atoms with Crippen molar-refractivity contribution < 1.29 is 17.9 Å². The van der Waals surface area contributed by atoms with Crippen molar-refractivity contribution in [3.8, 4) is 0 Å². The normalized spacial score (nSPS) is 23.3. The van der Waals surface area contributed by atoms with E-state index in [0.29, 0.717) is 23.9 Å². The highest BCUT2D eigenvalue weighted by Gasteiger charge is 2.36. The summed E-state index contributed by atoms with van der Waals surface area (Å²) in [5.41, 5.74) is 0.267. The number of ether oxygens (including phenoxy) is 1. The molecule has 0 N–H and O–H groups in total. The van der Waals surface area contributed by atoms with Crippen LogP contribution in [-0.2, 0) is 10.9 Å². The second-order valence-electron chi connectivity index (χ2n) is 7.10. The number of benzene rings is 1. The molecule has 0 amide bonds. The molecular weight excluding hydrogens is 375 g/mol. The Morgan fingerprint density at radius 3 is 2.56 bits per heavy atom. The molecule has 27 heavy (non-hydrogen) atoms. The van der Waals surface area contributed by atoms with Crippen molar-refractivity contribution >= 4 is 17.7 Å². The number of hydrogen-bond acceptors (Lipinski definition) is 5. The Labute approximate surface area is 161 Å². The molecule has 1 saturated heterocycles. The molecule has 1 aromatic heterocycles. The van der Waals surface area contributed by atoms with Gasteiger partial charge in [0.2, 0.25) is 5.95 Å². The first-order valence-corrected chi connectivity index (χ1v) is 9.45. The average Bonchev–Trinajstić information content (AvgIpc) is 2.61. The molecule has 0 spiro atoms. The third-order valence-electron chi connectivity index (χ3n) is 4.52. The fourth-order valence-electron chi connectivity index (χ4n) is 3.03. The molecule has 4 nitrogen and oxygen atoms in total. The molecule has 1 aromatic carbocycles. The summed E-state index contributed by atoms with van der Waals surface area (Å²) < 4.78 is 44.6. The molecular formula is C19H22F3N3OS. The monoisotopic (exact) mass is 397 g/mol. The van der Waals surface area contributed by atoms with Gasteiger partial charge >= 0.3 is 6.18 Å². The van der Waals surface area contributed by atoms with E-state index in [1.54, 1.807) is 18.5 Å². The lowest BCUT2D eigenvalue weighted by Crippen LogP contribution is -2.32. The number of rotatable bonds is 4. The van der Waals surface area contributed by atoms with Crippen LogP contribution in [0.4, 0.5) is 19.1 Å². The van der Waals surface area contributed by atoms with Crippen LogP contribution in [0.2, 0.25) is 0 Å². The van der Waals surface area contributed by atoms with Gasteiger partial charge in [-0.15, -0.1) is 11.8 Å². The van der Waals surface area contributed by atoms with Crippen molar-refractivity contribution in [2.45, 2.75) is 41.7 Å². The molecule has 2 atom stereocenters. The van der Waals surface area contributed by atoms with Gasteiger partial charge in [0.15, 0.2) is 0 Å². The van der Waals surface area contributed by atoms with E-state index in [0.717, 1.165) is 18.1 Å². The Morgan fingerprint density at radius 2 is 1.93 bits per heavy atom. The minimum absolute atomic E-state index is 0.168. The predicted octanol–water partition coefficient (Wildman–Crippen LogP) is 4.96. The zero-order valence-electron chi connectivity index (χ0n) is 15.5. The molecule has 8 heteroatoms. The Hall–Kier alpha value is -1.80. The van der Waals surface area contributed by atoms with Crippen LogP contribution in [-0.4, -0.2) is 35.4 Å². The van der Waals surface area contributed by atoms with Crippen molar-refractivity contribution in [2.75, 3.05) is 25.6 Å². The zero-order valence-corrected chi connectivity index (χ0v) is 16.3. The van der Waals surface area contributed by atoms with E-state index < -0.39 is 11.7 Å². The summed E-state index contributed by atoms with van der Waals surface area (Å²) in [5.74, 6) is 0.621. The van der Waals surface area contributed by atoms with Crippen LogP contribution in [0, 0.1) is 0 Å². The van der Waals surface area contributed by atoms with Crippen LogP contribution >= 0.6 is 11.8 Å². The minimum Gasteiger partial charge on any atom is -0.373 e. The van der Waals surface area contributed by atoms with Crippen molar-refractivity contribution in [1.29, 1.82) is 0 Å². The quantitative estimate of drug-likeness (QED) is 0.729. The topological polar surface area (TPSA) is 38.2 Å². The molecule has 1 aliphatic heterocycles. The average molecular weight is 397 g/mol. The summed E-state index contributed by atoms with van der Waals surface area (Å²) in [6.07, 6.45) is 0.459. The molecule has 1 fully saturated rings. The Kier molecular flexibility index (Phi) is 5.67.